The van der Waals surface area contributed by atoms with Crippen LogP contribution in [0, 0.1) is 0 Å². The summed E-state index contributed by atoms with van der Waals surface area (Å²) in [6.45, 7) is 4.64. The molecular weight excluding hydrogens is 254 g/mol. The van der Waals surface area contributed by atoms with E-state index in [1.165, 1.54) is 0 Å². The Balaban J connectivity index is 2.03. The second-order valence-corrected chi connectivity index (χ2v) is 5.17. The average Bonchev–Trinajstić information content (AvgIpc) is 2.44. The maximum Gasteiger partial charge on any atom is 0.241 e. The quantitative estimate of drug-likeness (QED) is 0.833. The molecule has 5 nitrogen and oxygen atoms in total. The highest BCUT2D eigenvalue weighted by Crippen LogP contribution is 2.33. The number of carbonyl (C=O) groups is 1. The van der Waals surface area contributed by atoms with Gasteiger partial charge in [-0.15, -0.1) is 0 Å². The van der Waals surface area contributed by atoms with Gasteiger partial charge in [0, 0.05) is 25.3 Å². The molecule has 0 aliphatic carbocycles. The highest BCUT2D eigenvalue weighted by molar-refractivity contribution is 5.82. The number of hydrogen-bond acceptors (Lipinski definition) is 4. The first-order chi connectivity index (χ1) is 9.61. The molecule has 110 valence electrons. The van der Waals surface area contributed by atoms with E-state index in [1.807, 2.05) is 25.2 Å². The van der Waals surface area contributed by atoms with E-state index in [-0.39, 0.29) is 5.91 Å². The number of likely N-dealkylation sites (N-methyl/N-ethyl adjacent to an activating group) is 1. The summed E-state index contributed by atoms with van der Waals surface area (Å²) in [6, 6.07) is 5.57. The van der Waals surface area contributed by atoms with Gasteiger partial charge in [0.2, 0.25) is 5.91 Å². The molecule has 1 heterocycles. The van der Waals surface area contributed by atoms with E-state index >= 15 is 0 Å². The normalized spacial score (nSPS) is 13.6. The van der Waals surface area contributed by atoms with Gasteiger partial charge < -0.3 is 20.3 Å². The zero-order chi connectivity index (χ0) is 14.5. The highest BCUT2D eigenvalue weighted by Gasteiger charge is 2.21. The van der Waals surface area contributed by atoms with Crippen molar-refractivity contribution in [1.82, 2.24) is 4.90 Å². The van der Waals surface area contributed by atoms with Gasteiger partial charge in [-0.2, -0.15) is 0 Å². The number of anilines is 2. The van der Waals surface area contributed by atoms with Crippen LogP contribution in [0.1, 0.15) is 19.8 Å². The molecule has 0 bridgehead atoms. The molecule has 0 atom stereocenters. The van der Waals surface area contributed by atoms with E-state index in [2.05, 4.69) is 11.8 Å². The smallest absolute Gasteiger partial charge is 0.241 e. The third kappa shape index (κ3) is 3.35. The number of rotatable bonds is 5. The van der Waals surface area contributed by atoms with Crippen molar-refractivity contribution in [3.63, 3.8) is 0 Å². The van der Waals surface area contributed by atoms with Crippen LogP contribution in [0.3, 0.4) is 0 Å². The number of nitrogen functional groups attached to an aromatic ring is 1. The van der Waals surface area contributed by atoms with Crippen molar-refractivity contribution < 1.29 is 9.53 Å². The van der Waals surface area contributed by atoms with Gasteiger partial charge in [-0.05, 0) is 18.6 Å². The van der Waals surface area contributed by atoms with Gasteiger partial charge >= 0.3 is 0 Å². The predicted octanol–water partition coefficient (Wildman–Crippen LogP) is 1.73. The molecule has 1 aromatic carbocycles. The first kappa shape index (κ1) is 14.5. The fourth-order valence-corrected chi connectivity index (χ4v) is 2.26. The summed E-state index contributed by atoms with van der Waals surface area (Å²) in [7, 11) is 1.86. The van der Waals surface area contributed by atoms with Crippen LogP contribution in [0.25, 0.3) is 0 Å². The predicted molar refractivity (Wildman–Crippen MR) is 81.1 cm³/mol. The SMILES string of the molecule is CCCCN(C)C(=O)CN1CCOc2cc(N)ccc21. The lowest BCUT2D eigenvalue weighted by Crippen LogP contribution is -2.42. The fraction of sp³-hybridized carbons (Fsp3) is 0.533. The van der Waals surface area contributed by atoms with Crippen molar-refractivity contribution in [1.29, 1.82) is 0 Å². The molecular formula is C15H23N3O2. The number of ether oxygens (including phenoxy) is 1. The Hall–Kier alpha value is -1.91. The van der Waals surface area contributed by atoms with Gasteiger partial charge in [0.15, 0.2) is 0 Å². The zero-order valence-electron chi connectivity index (χ0n) is 12.3. The minimum atomic E-state index is 0.142. The van der Waals surface area contributed by atoms with Crippen molar-refractivity contribution in [2.45, 2.75) is 19.8 Å². The molecule has 2 N–H and O–H groups in total. The zero-order valence-corrected chi connectivity index (χ0v) is 12.3. The minimum Gasteiger partial charge on any atom is -0.489 e. The molecule has 1 aliphatic rings. The van der Waals surface area contributed by atoms with Crippen LogP contribution >= 0.6 is 0 Å². The molecule has 0 aromatic heterocycles. The summed E-state index contributed by atoms with van der Waals surface area (Å²) >= 11 is 0. The van der Waals surface area contributed by atoms with Crippen LogP contribution in [0.2, 0.25) is 0 Å². The Labute approximate surface area is 120 Å². The van der Waals surface area contributed by atoms with Crippen LogP contribution in [-0.4, -0.2) is 44.1 Å². The number of hydrogen-bond donors (Lipinski definition) is 1. The number of nitrogens with zero attached hydrogens (tertiary/aromatic N) is 2. The lowest BCUT2D eigenvalue weighted by Gasteiger charge is -2.32. The van der Waals surface area contributed by atoms with E-state index in [0.717, 1.165) is 37.4 Å². The third-order valence-electron chi connectivity index (χ3n) is 3.54. The standard InChI is InChI=1S/C15H23N3O2/c1-3-4-7-17(2)15(19)11-18-8-9-20-14-10-12(16)5-6-13(14)18/h5-6,10H,3-4,7-9,11,16H2,1-2H3. The Morgan fingerprint density at radius 1 is 1.50 bits per heavy atom. The Morgan fingerprint density at radius 3 is 3.05 bits per heavy atom. The average molecular weight is 277 g/mol. The second-order valence-electron chi connectivity index (χ2n) is 5.17. The van der Waals surface area contributed by atoms with E-state index in [0.29, 0.717) is 18.8 Å². The van der Waals surface area contributed by atoms with Crippen molar-refractivity contribution in [3.8, 4) is 5.75 Å². The molecule has 0 saturated carbocycles. The number of carbonyl (C=O) groups excluding carboxylic acids is 1. The van der Waals surface area contributed by atoms with Gasteiger partial charge in [0.05, 0.1) is 18.8 Å². The molecule has 1 aliphatic heterocycles. The second kappa shape index (κ2) is 6.50. The lowest BCUT2D eigenvalue weighted by molar-refractivity contribution is -0.128. The molecule has 20 heavy (non-hydrogen) atoms. The van der Waals surface area contributed by atoms with Crippen LogP contribution in [0.5, 0.6) is 5.75 Å². The van der Waals surface area contributed by atoms with Gasteiger partial charge in [-0.25, -0.2) is 0 Å². The summed E-state index contributed by atoms with van der Waals surface area (Å²) in [5.41, 5.74) is 7.38. The molecule has 0 saturated heterocycles. The summed E-state index contributed by atoms with van der Waals surface area (Å²) in [6.07, 6.45) is 2.13. The van der Waals surface area contributed by atoms with Crippen molar-refractivity contribution in [3.05, 3.63) is 18.2 Å². The van der Waals surface area contributed by atoms with Crippen LogP contribution in [-0.2, 0) is 4.79 Å². The Bertz CT molecular complexity index is 476. The maximum atomic E-state index is 12.2. The van der Waals surface area contributed by atoms with Crippen molar-refractivity contribution in [2.24, 2.45) is 0 Å². The summed E-state index contributed by atoms with van der Waals surface area (Å²) in [5.74, 6) is 0.906. The number of fused-ring (bicyclic) bond motifs is 1. The lowest BCUT2D eigenvalue weighted by atomic mass is 10.2. The molecule has 0 fully saturated rings. The van der Waals surface area contributed by atoms with Crippen molar-refractivity contribution >= 4 is 17.3 Å². The van der Waals surface area contributed by atoms with Crippen LogP contribution in [0.15, 0.2) is 18.2 Å². The van der Waals surface area contributed by atoms with Gasteiger partial charge in [-0.1, -0.05) is 13.3 Å². The molecule has 2 rings (SSSR count). The third-order valence-corrected chi connectivity index (χ3v) is 3.54. The van der Waals surface area contributed by atoms with E-state index in [9.17, 15) is 4.79 Å². The van der Waals surface area contributed by atoms with E-state index in [4.69, 9.17) is 10.5 Å². The van der Waals surface area contributed by atoms with Gasteiger partial charge in [0.1, 0.15) is 12.4 Å². The molecule has 0 radical (unpaired) electrons. The van der Waals surface area contributed by atoms with Crippen LogP contribution in [0.4, 0.5) is 11.4 Å². The Morgan fingerprint density at radius 2 is 2.30 bits per heavy atom. The van der Waals surface area contributed by atoms with Crippen molar-refractivity contribution in [2.75, 3.05) is 43.9 Å². The number of nitrogens with two attached hydrogens (primary N) is 1. The fourth-order valence-electron chi connectivity index (χ4n) is 2.26. The largest absolute Gasteiger partial charge is 0.489 e. The summed E-state index contributed by atoms with van der Waals surface area (Å²) in [4.78, 5) is 16.1. The first-order valence-electron chi connectivity index (χ1n) is 7.13. The molecule has 1 aromatic rings. The maximum absolute atomic E-state index is 12.2. The summed E-state index contributed by atoms with van der Waals surface area (Å²) in [5, 5.41) is 0. The Kier molecular flexibility index (Phi) is 4.71. The highest BCUT2D eigenvalue weighted by atomic mass is 16.5. The van der Waals surface area contributed by atoms with Crippen LogP contribution < -0.4 is 15.4 Å². The number of unbranched alkanes of at least 4 members (excludes halogenated alkanes) is 1. The van der Waals surface area contributed by atoms with E-state index in [1.54, 1.807) is 4.90 Å². The summed E-state index contributed by atoms with van der Waals surface area (Å²) < 4.78 is 5.59. The number of benzene rings is 1. The van der Waals surface area contributed by atoms with E-state index < -0.39 is 0 Å². The van der Waals surface area contributed by atoms with Gasteiger partial charge in [-0.3, -0.25) is 4.79 Å². The minimum absolute atomic E-state index is 0.142. The monoisotopic (exact) mass is 277 g/mol. The molecule has 1 amide bonds. The van der Waals surface area contributed by atoms with Gasteiger partial charge in [0.25, 0.3) is 0 Å². The molecule has 0 unspecified atom stereocenters. The molecule has 0 spiro atoms. The number of amides is 1. The molecule has 5 heteroatoms. The topological polar surface area (TPSA) is 58.8 Å². The first-order valence-corrected chi connectivity index (χ1v) is 7.13.